The zero-order chi connectivity index (χ0) is 21.7. The first-order valence-electron chi connectivity index (χ1n) is 10.7. The Kier molecular flexibility index (Phi) is 4.34. The van der Waals surface area contributed by atoms with Crippen LogP contribution >= 0.6 is 0 Å². The molecule has 0 spiro atoms. The molecular weight excluding hydrogens is 409 g/mol. The number of rotatable bonds is 5. The highest BCUT2D eigenvalue weighted by molar-refractivity contribution is 6.04. The zero-order valence-corrected chi connectivity index (χ0v) is 17.2. The minimum Gasteiger partial charge on any atom is -0.321 e. The molecule has 2 heterocycles. The van der Waals surface area contributed by atoms with Crippen molar-refractivity contribution in [2.45, 2.75) is 38.1 Å². The Hall–Kier alpha value is -3.88. The summed E-state index contributed by atoms with van der Waals surface area (Å²) in [6, 6.07) is 14.0. The summed E-state index contributed by atoms with van der Waals surface area (Å²) in [6.45, 7) is 0. The van der Waals surface area contributed by atoms with Gasteiger partial charge in [-0.25, -0.2) is 13.8 Å². The molecule has 8 nitrogen and oxygen atoms in total. The largest absolute Gasteiger partial charge is 0.321 e. The van der Waals surface area contributed by atoms with E-state index in [2.05, 4.69) is 25.9 Å². The number of aromatic nitrogens is 6. The van der Waals surface area contributed by atoms with Crippen molar-refractivity contribution in [3.63, 3.8) is 0 Å². The van der Waals surface area contributed by atoms with Gasteiger partial charge in [0.2, 0.25) is 0 Å². The molecular formula is C23H20FN7O. The van der Waals surface area contributed by atoms with Crippen LogP contribution in [0.2, 0.25) is 0 Å². The highest BCUT2D eigenvalue weighted by atomic mass is 19.1. The second kappa shape index (κ2) is 7.37. The van der Waals surface area contributed by atoms with Crippen LogP contribution in [0.5, 0.6) is 0 Å². The summed E-state index contributed by atoms with van der Waals surface area (Å²) in [4.78, 5) is 13.1. The molecule has 1 amide bonds. The molecule has 2 aliphatic carbocycles. The number of nitrogens with zero attached hydrogens (tertiary/aromatic N) is 6. The molecule has 0 saturated heterocycles. The number of hydrogen-bond acceptors (Lipinski definition) is 5. The second-order valence-electron chi connectivity index (χ2n) is 8.23. The van der Waals surface area contributed by atoms with E-state index in [1.807, 2.05) is 28.9 Å². The molecule has 1 N–H and O–H groups in total. The van der Waals surface area contributed by atoms with E-state index in [0.29, 0.717) is 17.4 Å². The lowest BCUT2D eigenvalue weighted by Crippen LogP contribution is -2.15. The predicted octanol–water partition coefficient (Wildman–Crippen LogP) is 3.74. The first-order valence-corrected chi connectivity index (χ1v) is 10.7. The van der Waals surface area contributed by atoms with Crippen LogP contribution in [0.25, 0.3) is 17.1 Å². The number of benzene rings is 2. The van der Waals surface area contributed by atoms with Gasteiger partial charge in [0.25, 0.3) is 5.91 Å². The molecule has 2 aromatic carbocycles. The Morgan fingerprint density at radius 3 is 2.56 bits per heavy atom. The van der Waals surface area contributed by atoms with Crippen LogP contribution in [-0.2, 0) is 12.8 Å². The Labute approximate surface area is 183 Å². The highest BCUT2D eigenvalue weighted by Gasteiger charge is 2.29. The van der Waals surface area contributed by atoms with Crippen LogP contribution in [0.4, 0.5) is 10.1 Å². The maximum Gasteiger partial charge on any atom is 0.276 e. The van der Waals surface area contributed by atoms with Crippen molar-refractivity contribution < 1.29 is 9.18 Å². The van der Waals surface area contributed by atoms with Gasteiger partial charge in [-0.05, 0) is 91.1 Å². The number of anilines is 1. The summed E-state index contributed by atoms with van der Waals surface area (Å²) in [7, 11) is 0. The van der Waals surface area contributed by atoms with Crippen LogP contribution in [0, 0.1) is 5.82 Å². The molecule has 1 fully saturated rings. The molecule has 4 aromatic rings. The smallest absolute Gasteiger partial charge is 0.276 e. The molecule has 160 valence electrons. The van der Waals surface area contributed by atoms with E-state index >= 15 is 0 Å². The fraction of sp³-hybridized carbons (Fsp3) is 0.261. The Balaban J connectivity index is 1.25. The van der Waals surface area contributed by atoms with Crippen LogP contribution < -0.4 is 5.32 Å². The maximum absolute atomic E-state index is 13.3. The maximum atomic E-state index is 13.3. The predicted molar refractivity (Wildman–Crippen MR) is 115 cm³/mol. The van der Waals surface area contributed by atoms with E-state index < -0.39 is 0 Å². The van der Waals surface area contributed by atoms with Crippen LogP contribution in [0.1, 0.15) is 47.1 Å². The van der Waals surface area contributed by atoms with Crippen molar-refractivity contribution in [3.8, 4) is 17.1 Å². The van der Waals surface area contributed by atoms with E-state index in [1.54, 1.807) is 16.8 Å². The van der Waals surface area contributed by atoms with Gasteiger partial charge in [0.1, 0.15) is 5.82 Å². The number of fused-ring (bicyclic) bond motifs is 1. The Bertz CT molecular complexity index is 1300. The lowest BCUT2D eigenvalue weighted by molar-refractivity contribution is 0.102. The summed E-state index contributed by atoms with van der Waals surface area (Å²) < 4.78 is 17.0. The van der Waals surface area contributed by atoms with Crippen molar-refractivity contribution >= 4 is 11.6 Å². The number of carbonyl (C=O) groups excluding carboxylic acids is 1. The standard InChI is InChI=1S/C23H20FN7O/c24-15-6-10-17(11-7-15)30-20-3-1-2-19(20)21(27-30)23(32)25-16-8-4-14(5-9-16)22-26-28-29-31(22)18-12-13-18/h4-11,18H,1-3,12-13H2,(H,25,32). The summed E-state index contributed by atoms with van der Waals surface area (Å²) in [5.41, 5.74) is 4.73. The van der Waals surface area contributed by atoms with Crippen LogP contribution in [0.15, 0.2) is 48.5 Å². The average Bonchev–Trinajstić information content (AvgIpc) is 3.20. The number of hydrogen-bond donors (Lipinski definition) is 1. The first-order chi connectivity index (χ1) is 15.7. The zero-order valence-electron chi connectivity index (χ0n) is 17.2. The van der Waals surface area contributed by atoms with E-state index in [-0.39, 0.29) is 11.7 Å². The van der Waals surface area contributed by atoms with Crippen molar-refractivity contribution in [2.24, 2.45) is 0 Å². The minimum atomic E-state index is -0.301. The van der Waals surface area contributed by atoms with Gasteiger partial charge >= 0.3 is 0 Å². The minimum absolute atomic E-state index is 0.250. The number of tetrazole rings is 1. The monoisotopic (exact) mass is 429 g/mol. The lowest BCUT2D eigenvalue weighted by atomic mass is 10.1. The topological polar surface area (TPSA) is 90.5 Å². The van der Waals surface area contributed by atoms with Crippen molar-refractivity contribution in [1.29, 1.82) is 0 Å². The van der Waals surface area contributed by atoms with E-state index in [4.69, 9.17) is 0 Å². The highest BCUT2D eigenvalue weighted by Crippen LogP contribution is 2.36. The summed E-state index contributed by atoms with van der Waals surface area (Å²) in [6.07, 6.45) is 4.82. The molecule has 2 aliphatic rings. The molecule has 0 unspecified atom stereocenters. The molecule has 1 saturated carbocycles. The van der Waals surface area contributed by atoms with Gasteiger partial charge in [0.05, 0.1) is 11.7 Å². The van der Waals surface area contributed by atoms with Gasteiger partial charge in [-0.2, -0.15) is 5.10 Å². The van der Waals surface area contributed by atoms with Gasteiger partial charge < -0.3 is 5.32 Å². The second-order valence-corrected chi connectivity index (χ2v) is 8.23. The molecule has 32 heavy (non-hydrogen) atoms. The van der Waals surface area contributed by atoms with Crippen LogP contribution in [0.3, 0.4) is 0 Å². The molecule has 0 aliphatic heterocycles. The first kappa shape index (κ1) is 18.9. The normalized spacial score (nSPS) is 15.0. The molecule has 0 radical (unpaired) electrons. The number of halogens is 1. The summed E-state index contributed by atoms with van der Waals surface area (Å²) >= 11 is 0. The van der Waals surface area contributed by atoms with Gasteiger partial charge in [0, 0.05) is 22.5 Å². The van der Waals surface area contributed by atoms with E-state index in [1.165, 1.54) is 12.1 Å². The van der Waals surface area contributed by atoms with Crippen molar-refractivity contribution in [2.75, 3.05) is 5.32 Å². The van der Waals surface area contributed by atoms with Gasteiger partial charge in [0.15, 0.2) is 11.5 Å². The molecule has 0 bridgehead atoms. The fourth-order valence-electron chi connectivity index (χ4n) is 4.26. The Morgan fingerprint density at radius 1 is 1.03 bits per heavy atom. The molecule has 9 heteroatoms. The van der Waals surface area contributed by atoms with Gasteiger partial charge in [-0.1, -0.05) is 0 Å². The summed E-state index contributed by atoms with van der Waals surface area (Å²) in [5, 5.41) is 19.5. The third-order valence-electron chi connectivity index (χ3n) is 6.00. The average molecular weight is 429 g/mol. The molecule has 6 rings (SSSR count). The van der Waals surface area contributed by atoms with Crippen LogP contribution in [-0.4, -0.2) is 35.9 Å². The third kappa shape index (κ3) is 3.26. The quantitative estimate of drug-likeness (QED) is 0.522. The van der Waals surface area contributed by atoms with E-state index in [9.17, 15) is 9.18 Å². The third-order valence-corrected chi connectivity index (χ3v) is 6.00. The van der Waals surface area contributed by atoms with Crippen molar-refractivity contribution in [1.82, 2.24) is 30.0 Å². The number of carbonyl (C=O) groups is 1. The molecule has 0 atom stereocenters. The van der Waals surface area contributed by atoms with Crippen molar-refractivity contribution in [3.05, 3.63) is 71.3 Å². The lowest BCUT2D eigenvalue weighted by Gasteiger charge is -2.07. The van der Waals surface area contributed by atoms with Gasteiger partial charge in [-0.3, -0.25) is 4.79 Å². The van der Waals surface area contributed by atoms with E-state index in [0.717, 1.165) is 60.4 Å². The fourth-order valence-corrected chi connectivity index (χ4v) is 4.26. The SMILES string of the molecule is O=C(Nc1ccc(-c2nnnn2C2CC2)cc1)c1nn(-c2ccc(F)cc2)c2c1CCC2. The van der Waals surface area contributed by atoms with Gasteiger partial charge in [-0.15, -0.1) is 5.10 Å². The molecule has 2 aromatic heterocycles. The Morgan fingerprint density at radius 2 is 1.81 bits per heavy atom. The summed E-state index contributed by atoms with van der Waals surface area (Å²) in [5.74, 6) is 0.186. The number of nitrogens with one attached hydrogen (secondary N) is 1. The number of amides is 1.